The zero-order chi connectivity index (χ0) is 21.3. The molecule has 0 fully saturated rings. The molecule has 0 aliphatic carbocycles. The third-order valence-corrected chi connectivity index (χ3v) is 4.48. The van der Waals surface area contributed by atoms with E-state index < -0.39 is 23.6 Å². The van der Waals surface area contributed by atoms with Gasteiger partial charge >= 0.3 is 6.18 Å². The highest BCUT2D eigenvalue weighted by atomic mass is 19.4. The van der Waals surface area contributed by atoms with Crippen LogP contribution in [0.15, 0.2) is 48.9 Å². The lowest BCUT2D eigenvalue weighted by atomic mass is 10.1. The lowest BCUT2D eigenvalue weighted by molar-refractivity contribution is -0.141. The molecule has 5 nitrogen and oxygen atoms in total. The normalized spacial score (nSPS) is 11.8. The number of alkyl halides is 3. The number of halogens is 5. The lowest BCUT2D eigenvalue weighted by Crippen LogP contribution is -2.09. The molecule has 0 saturated carbocycles. The molecule has 154 valence electrons. The van der Waals surface area contributed by atoms with Crippen molar-refractivity contribution in [2.75, 3.05) is 5.32 Å². The number of nitrogens with one attached hydrogen (secondary N) is 2. The molecule has 0 aliphatic heterocycles. The quantitative estimate of drug-likeness (QED) is 0.358. The minimum atomic E-state index is -4.50. The number of nitrogens with zero attached hydrogens (tertiary/aromatic N) is 3. The molecule has 0 radical (unpaired) electrons. The maximum atomic E-state index is 14.4. The van der Waals surface area contributed by atoms with Gasteiger partial charge < -0.3 is 10.3 Å². The Bertz CT molecular complexity index is 1180. The molecule has 30 heavy (non-hydrogen) atoms. The van der Waals surface area contributed by atoms with Crippen LogP contribution in [-0.2, 0) is 19.1 Å². The summed E-state index contributed by atoms with van der Waals surface area (Å²) in [4.78, 5) is 14.1. The van der Waals surface area contributed by atoms with Gasteiger partial charge in [0.1, 0.15) is 23.0 Å². The van der Waals surface area contributed by atoms with Crippen LogP contribution in [0.2, 0.25) is 0 Å². The third kappa shape index (κ3) is 4.22. The number of anilines is 1. The SMILES string of the molecule is Fc1cnc2[nH]cc(Cc3ccc(NCc4ccc(C(F)(F)F)nc4)nc3F)c2c1. The van der Waals surface area contributed by atoms with Crippen molar-refractivity contribution in [2.45, 2.75) is 19.1 Å². The van der Waals surface area contributed by atoms with Crippen LogP contribution in [0, 0.1) is 11.8 Å². The van der Waals surface area contributed by atoms with E-state index in [1.807, 2.05) is 0 Å². The summed E-state index contributed by atoms with van der Waals surface area (Å²) in [7, 11) is 0. The molecule has 4 aromatic heterocycles. The van der Waals surface area contributed by atoms with Crippen molar-refractivity contribution in [3.05, 3.63) is 83.1 Å². The van der Waals surface area contributed by atoms with E-state index in [0.29, 0.717) is 27.7 Å². The average Bonchev–Trinajstić information content (AvgIpc) is 3.10. The number of hydrogen-bond acceptors (Lipinski definition) is 4. The largest absolute Gasteiger partial charge is 0.433 e. The molecule has 4 heterocycles. The van der Waals surface area contributed by atoms with Gasteiger partial charge in [0.25, 0.3) is 0 Å². The maximum Gasteiger partial charge on any atom is 0.433 e. The van der Waals surface area contributed by atoms with Crippen molar-refractivity contribution in [1.29, 1.82) is 0 Å². The van der Waals surface area contributed by atoms with Crippen LogP contribution in [-0.4, -0.2) is 19.9 Å². The Balaban J connectivity index is 1.44. The summed E-state index contributed by atoms with van der Waals surface area (Å²) >= 11 is 0. The molecule has 2 N–H and O–H groups in total. The van der Waals surface area contributed by atoms with E-state index in [-0.39, 0.29) is 18.8 Å². The van der Waals surface area contributed by atoms with Crippen LogP contribution in [0.4, 0.5) is 27.8 Å². The summed E-state index contributed by atoms with van der Waals surface area (Å²) in [5, 5.41) is 3.41. The Morgan fingerprint density at radius 3 is 2.50 bits per heavy atom. The van der Waals surface area contributed by atoms with E-state index in [9.17, 15) is 22.0 Å². The second kappa shape index (κ2) is 7.69. The van der Waals surface area contributed by atoms with Gasteiger partial charge in [-0.2, -0.15) is 17.6 Å². The van der Waals surface area contributed by atoms with Crippen molar-refractivity contribution in [3.63, 3.8) is 0 Å². The summed E-state index contributed by atoms with van der Waals surface area (Å²) in [6.07, 6.45) is -0.478. The second-order valence-corrected chi connectivity index (χ2v) is 6.59. The minimum absolute atomic E-state index is 0.129. The highest BCUT2D eigenvalue weighted by Gasteiger charge is 2.31. The molecule has 10 heteroatoms. The Labute approximate surface area is 167 Å². The van der Waals surface area contributed by atoms with Crippen LogP contribution in [0.25, 0.3) is 11.0 Å². The van der Waals surface area contributed by atoms with Gasteiger partial charge in [0.15, 0.2) is 0 Å². The molecule has 0 bridgehead atoms. The van der Waals surface area contributed by atoms with Crippen molar-refractivity contribution in [1.82, 2.24) is 19.9 Å². The minimum Gasteiger partial charge on any atom is -0.366 e. The highest BCUT2D eigenvalue weighted by Crippen LogP contribution is 2.27. The van der Waals surface area contributed by atoms with Crippen molar-refractivity contribution in [3.8, 4) is 0 Å². The zero-order valence-electron chi connectivity index (χ0n) is 15.3. The fourth-order valence-corrected chi connectivity index (χ4v) is 2.97. The molecule has 0 aliphatic rings. The number of fused-ring (bicyclic) bond motifs is 1. The van der Waals surface area contributed by atoms with E-state index in [2.05, 4.69) is 25.3 Å². The second-order valence-electron chi connectivity index (χ2n) is 6.59. The van der Waals surface area contributed by atoms with Gasteiger partial charge in [-0.05, 0) is 29.3 Å². The van der Waals surface area contributed by atoms with Gasteiger partial charge in [-0.3, -0.25) is 4.98 Å². The van der Waals surface area contributed by atoms with E-state index >= 15 is 0 Å². The molecule has 0 atom stereocenters. The highest BCUT2D eigenvalue weighted by molar-refractivity contribution is 5.80. The first-order chi connectivity index (χ1) is 14.3. The molecule has 0 unspecified atom stereocenters. The predicted molar refractivity (Wildman–Crippen MR) is 99.6 cm³/mol. The monoisotopic (exact) mass is 419 g/mol. The lowest BCUT2D eigenvalue weighted by Gasteiger charge is -2.09. The van der Waals surface area contributed by atoms with Gasteiger partial charge in [0, 0.05) is 36.3 Å². The van der Waals surface area contributed by atoms with Crippen molar-refractivity contribution >= 4 is 16.9 Å². The smallest absolute Gasteiger partial charge is 0.366 e. The number of aromatic amines is 1. The number of pyridine rings is 3. The Kier molecular flexibility index (Phi) is 5.06. The Morgan fingerprint density at radius 2 is 1.80 bits per heavy atom. The molecule has 4 rings (SSSR count). The topological polar surface area (TPSA) is 66.5 Å². The molecule has 0 spiro atoms. The van der Waals surface area contributed by atoms with Gasteiger partial charge in [-0.15, -0.1) is 0 Å². The zero-order valence-corrected chi connectivity index (χ0v) is 15.3. The van der Waals surface area contributed by atoms with E-state index in [1.165, 1.54) is 12.1 Å². The van der Waals surface area contributed by atoms with Gasteiger partial charge in [-0.1, -0.05) is 12.1 Å². The van der Waals surface area contributed by atoms with Crippen LogP contribution in [0.1, 0.15) is 22.4 Å². The van der Waals surface area contributed by atoms with Crippen molar-refractivity contribution < 1.29 is 22.0 Å². The summed E-state index contributed by atoms with van der Waals surface area (Å²) in [5.74, 6) is -0.966. The van der Waals surface area contributed by atoms with Crippen LogP contribution in [0.3, 0.4) is 0 Å². The Hall–Kier alpha value is -3.56. The summed E-state index contributed by atoms with van der Waals surface area (Å²) in [6, 6.07) is 6.60. The van der Waals surface area contributed by atoms with Crippen LogP contribution < -0.4 is 5.32 Å². The summed E-state index contributed by atoms with van der Waals surface area (Å²) in [5.41, 5.74) is 0.995. The number of aromatic nitrogens is 4. The van der Waals surface area contributed by atoms with Crippen LogP contribution >= 0.6 is 0 Å². The third-order valence-electron chi connectivity index (χ3n) is 4.48. The van der Waals surface area contributed by atoms with Crippen LogP contribution in [0.5, 0.6) is 0 Å². The van der Waals surface area contributed by atoms with Crippen molar-refractivity contribution in [2.24, 2.45) is 0 Å². The number of rotatable bonds is 5. The molecular formula is C20H14F5N5. The van der Waals surface area contributed by atoms with Gasteiger partial charge in [0.2, 0.25) is 5.95 Å². The summed E-state index contributed by atoms with van der Waals surface area (Å²) in [6.45, 7) is 0.129. The first-order valence-electron chi connectivity index (χ1n) is 8.82. The predicted octanol–water partition coefficient (Wildman–Crippen LogP) is 4.85. The fourth-order valence-electron chi connectivity index (χ4n) is 2.97. The Morgan fingerprint density at radius 1 is 0.967 bits per heavy atom. The molecule has 0 amide bonds. The maximum absolute atomic E-state index is 14.4. The number of hydrogen-bond donors (Lipinski definition) is 2. The first-order valence-corrected chi connectivity index (χ1v) is 8.82. The standard InChI is InChI=1S/C20H14F5N5/c21-14-6-15-13(9-28-19(15)29-10-14)5-12-2-4-17(30-18(12)22)27-8-11-1-3-16(26-7-11)20(23,24)25/h1-4,6-7,9-10H,5,8H2,(H,27,30)(H,28,29). The average molecular weight is 419 g/mol. The van der Waals surface area contributed by atoms with E-state index in [4.69, 9.17) is 0 Å². The van der Waals surface area contributed by atoms with Gasteiger partial charge in [-0.25, -0.2) is 14.4 Å². The number of H-pyrrole nitrogens is 1. The summed E-state index contributed by atoms with van der Waals surface area (Å²) < 4.78 is 65.5. The molecule has 4 aromatic rings. The fraction of sp³-hybridized carbons (Fsp3) is 0.150. The first kappa shape index (κ1) is 19.7. The molecule has 0 saturated heterocycles. The van der Waals surface area contributed by atoms with E-state index in [0.717, 1.165) is 18.5 Å². The molecular weight excluding hydrogens is 405 g/mol. The van der Waals surface area contributed by atoms with E-state index in [1.54, 1.807) is 18.3 Å². The van der Waals surface area contributed by atoms with Gasteiger partial charge in [0.05, 0.1) is 6.20 Å². The molecule has 0 aromatic carbocycles.